The zero-order valence-electron chi connectivity index (χ0n) is 18.3. The molecule has 1 aromatic carbocycles. The lowest BCUT2D eigenvalue weighted by Gasteiger charge is -2.40. The Bertz CT molecular complexity index is 832. The third-order valence-corrected chi connectivity index (χ3v) is 6.29. The number of piperidine rings is 1. The van der Waals surface area contributed by atoms with Crippen LogP contribution in [0.2, 0.25) is 0 Å². The van der Waals surface area contributed by atoms with E-state index in [9.17, 15) is 9.59 Å². The smallest absolute Gasteiger partial charge is 0.312 e. The maximum atomic E-state index is 12.8. The molecular weight excluding hydrogens is 380 g/mol. The zero-order chi connectivity index (χ0) is 21.6. The van der Waals surface area contributed by atoms with E-state index >= 15 is 0 Å². The van der Waals surface area contributed by atoms with E-state index in [0.717, 1.165) is 29.9 Å². The van der Waals surface area contributed by atoms with Crippen LogP contribution in [0.25, 0.3) is 0 Å². The fourth-order valence-electron chi connectivity index (χ4n) is 4.30. The fraction of sp³-hybridized carbons (Fsp3) is 0.542. The van der Waals surface area contributed by atoms with Crippen molar-refractivity contribution >= 4 is 11.9 Å². The molecule has 1 amide bonds. The Hall–Kier alpha value is -2.63. The van der Waals surface area contributed by atoms with Gasteiger partial charge in [0.15, 0.2) is 0 Å². The first-order valence-corrected chi connectivity index (χ1v) is 10.9. The van der Waals surface area contributed by atoms with Crippen molar-refractivity contribution in [2.45, 2.75) is 59.3 Å². The molecule has 1 fully saturated rings. The van der Waals surface area contributed by atoms with E-state index < -0.39 is 5.41 Å². The van der Waals surface area contributed by atoms with Crippen molar-refractivity contribution in [3.8, 4) is 0 Å². The van der Waals surface area contributed by atoms with Gasteiger partial charge in [0, 0.05) is 25.1 Å². The first-order valence-electron chi connectivity index (χ1n) is 10.9. The SMILES string of the molecule is CCOC(=O)C1(CCc2ccccc2)CCN(C(=O)CCc2c(C)noc2C)CC1. The summed E-state index contributed by atoms with van der Waals surface area (Å²) in [7, 11) is 0. The molecule has 0 saturated carbocycles. The van der Waals surface area contributed by atoms with Gasteiger partial charge in [-0.1, -0.05) is 35.5 Å². The number of benzene rings is 1. The Kier molecular flexibility index (Phi) is 7.29. The highest BCUT2D eigenvalue weighted by Crippen LogP contribution is 2.38. The number of ether oxygens (including phenoxy) is 1. The minimum Gasteiger partial charge on any atom is -0.466 e. The van der Waals surface area contributed by atoms with Crippen LogP contribution in [0, 0.1) is 19.3 Å². The minimum atomic E-state index is -0.510. The van der Waals surface area contributed by atoms with Crippen LogP contribution in [0.4, 0.5) is 0 Å². The van der Waals surface area contributed by atoms with Gasteiger partial charge in [0.25, 0.3) is 0 Å². The largest absolute Gasteiger partial charge is 0.466 e. The standard InChI is InChI=1S/C24H32N2O4/c1-4-29-23(28)24(13-12-20-8-6-5-7-9-20)14-16-26(17-15-24)22(27)11-10-21-18(2)25-30-19(21)3/h5-9H,4,10-17H2,1-3H3. The van der Waals surface area contributed by atoms with Crippen LogP contribution in [0.1, 0.15) is 55.2 Å². The summed E-state index contributed by atoms with van der Waals surface area (Å²) in [5.41, 5.74) is 2.58. The van der Waals surface area contributed by atoms with Gasteiger partial charge in [0.05, 0.1) is 17.7 Å². The maximum absolute atomic E-state index is 12.8. The molecule has 2 aromatic rings. The summed E-state index contributed by atoms with van der Waals surface area (Å²) in [5, 5.41) is 3.96. The highest BCUT2D eigenvalue weighted by atomic mass is 16.5. The summed E-state index contributed by atoms with van der Waals surface area (Å²) in [6, 6.07) is 10.2. The van der Waals surface area contributed by atoms with Crippen LogP contribution in [-0.2, 0) is 27.2 Å². The quantitative estimate of drug-likeness (QED) is 0.612. The van der Waals surface area contributed by atoms with Gasteiger partial charge in [-0.25, -0.2) is 0 Å². The van der Waals surface area contributed by atoms with Gasteiger partial charge in [-0.2, -0.15) is 0 Å². The van der Waals surface area contributed by atoms with E-state index in [2.05, 4.69) is 17.3 Å². The minimum absolute atomic E-state index is 0.121. The number of carbonyl (C=O) groups excluding carboxylic acids is 2. The third kappa shape index (κ3) is 5.10. The summed E-state index contributed by atoms with van der Waals surface area (Å²) in [5.74, 6) is 0.778. The molecule has 0 N–H and O–H groups in total. The van der Waals surface area contributed by atoms with Crippen LogP contribution < -0.4 is 0 Å². The predicted octanol–water partition coefficient (Wildman–Crippen LogP) is 4.03. The molecule has 1 aromatic heterocycles. The number of amides is 1. The molecular formula is C24H32N2O4. The maximum Gasteiger partial charge on any atom is 0.312 e. The van der Waals surface area contributed by atoms with Crippen molar-refractivity contribution in [2.24, 2.45) is 5.41 Å². The molecule has 1 aliphatic rings. The van der Waals surface area contributed by atoms with Crippen molar-refractivity contribution < 1.29 is 18.8 Å². The van der Waals surface area contributed by atoms with Gasteiger partial charge < -0.3 is 14.2 Å². The number of nitrogens with zero attached hydrogens (tertiary/aromatic N) is 2. The van der Waals surface area contributed by atoms with Gasteiger partial charge in [0.2, 0.25) is 5.91 Å². The molecule has 1 saturated heterocycles. The Labute approximate surface area is 178 Å². The molecule has 30 heavy (non-hydrogen) atoms. The normalized spacial score (nSPS) is 15.8. The lowest BCUT2D eigenvalue weighted by atomic mass is 9.74. The topological polar surface area (TPSA) is 72.6 Å². The predicted molar refractivity (Wildman–Crippen MR) is 114 cm³/mol. The number of rotatable bonds is 8. The number of likely N-dealkylation sites (tertiary alicyclic amines) is 1. The highest BCUT2D eigenvalue weighted by Gasteiger charge is 2.43. The molecule has 2 heterocycles. The van der Waals surface area contributed by atoms with Crippen molar-refractivity contribution in [1.82, 2.24) is 10.1 Å². The molecule has 6 heteroatoms. The second-order valence-electron chi connectivity index (χ2n) is 8.17. The Balaban J connectivity index is 1.59. The molecule has 6 nitrogen and oxygen atoms in total. The third-order valence-electron chi connectivity index (χ3n) is 6.29. The van der Waals surface area contributed by atoms with Crippen LogP contribution >= 0.6 is 0 Å². The Morgan fingerprint density at radius 1 is 1.13 bits per heavy atom. The Morgan fingerprint density at radius 2 is 1.83 bits per heavy atom. The monoisotopic (exact) mass is 412 g/mol. The van der Waals surface area contributed by atoms with Gasteiger partial charge in [0.1, 0.15) is 5.76 Å². The summed E-state index contributed by atoms with van der Waals surface area (Å²) >= 11 is 0. The molecule has 0 aliphatic carbocycles. The molecule has 0 bridgehead atoms. The molecule has 0 atom stereocenters. The number of carbonyl (C=O) groups is 2. The first-order chi connectivity index (χ1) is 14.4. The summed E-state index contributed by atoms with van der Waals surface area (Å²) in [6.07, 6.45) is 3.94. The van der Waals surface area contributed by atoms with E-state index in [-0.39, 0.29) is 11.9 Å². The van der Waals surface area contributed by atoms with E-state index in [1.807, 2.05) is 43.9 Å². The van der Waals surface area contributed by atoms with Gasteiger partial charge in [-0.15, -0.1) is 0 Å². The van der Waals surface area contributed by atoms with Crippen molar-refractivity contribution in [3.63, 3.8) is 0 Å². The second-order valence-corrected chi connectivity index (χ2v) is 8.17. The number of hydrogen-bond acceptors (Lipinski definition) is 5. The van der Waals surface area contributed by atoms with Crippen LogP contribution in [0.3, 0.4) is 0 Å². The lowest BCUT2D eigenvalue weighted by molar-refractivity contribution is -0.160. The van der Waals surface area contributed by atoms with Gasteiger partial charge in [-0.05, 0) is 58.4 Å². The van der Waals surface area contributed by atoms with Crippen molar-refractivity contribution in [1.29, 1.82) is 0 Å². The van der Waals surface area contributed by atoms with Crippen molar-refractivity contribution in [3.05, 3.63) is 52.9 Å². The molecule has 0 radical (unpaired) electrons. The molecule has 162 valence electrons. The number of esters is 1. The number of hydrogen-bond donors (Lipinski definition) is 0. The van der Waals surface area contributed by atoms with E-state index in [1.165, 1.54) is 5.56 Å². The highest BCUT2D eigenvalue weighted by molar-refractivity contribution is 5.79. The lowest BCUT2D eigenvalue weighted by Crippen LogP contribution is -2.47. The van der Waals surface area contributed by atoms with Crippen molar-refractivity contribution in [2.75, 3.05) is 19.7 Å². The average Bonchev–Trinajstić information content (AvgIpc) is 3.09. The van der Waals surface area contributed by atoms with Crippen LogP contribution in [0.15, 0.2) is 34.9 Å². The molecule has 1 aliphatic heterocycles. The van der Waals surface area contributed by atoms with E-state index in [0.29, 0.717) is 45.4 Å². The summed E-state index contributed by atoms with van der Waals surface area (Å²) < 4.78 is 10.6. The summed E-state index contributed by atoms with van der Waals surface area (Å²) in [4.78, 5) is 27.5. The van der Waals surface area contributed by atoms with Crippen LogP contribution in [0.5, 0.6) is 0 Å². The molecule has 0 spiro atoms. The first kappa shape index (κ1) is 22.1. The second kappa shape index (κ2) is 9.92. The average molecular weight is 413 g/mol. The summed E-state index contributed by atoms with van der Waals surface area (Å²) in [6.45, 7) is 7.18. The molecule has 3 rings (SSSR count). The van der Waals surface area contributed by atoms with Crippen LogP contribution in [-0.4, -0.2) is 41.6 Å². The number of aromatic nitrogens is 1. The van der Waals surface area contributed by atoms with E-state index in [1.54, 1.807) is 0 Å². The number of aryl methyl sites for hydroxylation is 3. The van der Waals surface area contributed by atoms with Gasteiger partial charge in [-0.3, -0.25) is 9.59 Å². The molecule has 0 unspecified atom stereocenters. The van der Waals surface area contributed by atoms with E-state index in [4.69, 9.17) is 9.26 Å². The fourth-order valence-corrected chi connectivity index (χ4v) is 4.30. The zero-order valence-corrected chi connectivity index (χ0v) is 18.3. The Morgan fingerprint density at radius 3 is 2.43 bits per heavy atom. The van der Waals surface area contributed by atoms with Gasteiger partial charge >= 0.3 is 5.97 Å².